The van der Waals surface area contributed by atoms with Crippen LogP contribution in [0.5, 0.6) is 0 Å². The summed E-state index contributed by atoms with van der Waals surface area (Å²) in [5.41, 5.74) is 8.10. The Morgan fingerprint density at radius 2 is 0.714 bits per heavy atom. The van der Waals surface area contributed by atoms with E-state index < -0.39 is 0 Å². The minimum Gasteiger partial charge on any atom is -0.0579 e. The summed E-state index contributed by atoms with van der Waals surface area (Å²) < 4.78 is 0. The largest absolute Gasteiger partial charge is 0.0579 e. The van der Waals surface area contributed by atoms with E-state index in [1.807, 2.05) is 0 Å². The normalized spacial score (nSPS) is 12.5. The summed E-state index contributed by atoms with van der Waals surface area (Å²) >= 11 is 0. The van der Waals surface area contributed by atoms with Gasteiger partial charge in [0, 0.05) is 0 Å². The van der Waals surface area contributed by atoms with E-state index in [2.05, 4.69) is 126 Å². The molecule has 0 saturated carbocycles. The van der Waals surface area contributed by atoms with Crippen LogP contribution in [0.3, 0.4) is 0 Å². The Labute approximate surface area is 171 Å². The van der Waals surface area contributed by atoms with Gasteiger partial charge in [-0.05, 0) is 44.2 Å². The fourth-order valence-corrected chi connectivity index (χ4v) is 3.24. The molecule has 0 atom stereocenters. The quantitative estimate of drug-likeness (QED) is 0.409. The van der Waals surface area contributed by atoms with Gasteiger partial charge in [-0.2, -0.15) is 0 Å². The summed E-state index contributed by atoms with van der Waals surface area (Å²) in [6, 6.07) is 26.6. The first kappa shape index (κ1) is 20.1. The van der Waals surface area contributed by atoms with Gasteiger partial charge in [0.2, 0.25) is 0 Å². The van der Waals surface area contributed by atoms with Crippen molar-refractivity contribution >= 4 is 12.2 Å². The van der Waals surface area contributed by atoms with Gasteiger partial charge in [0.1, 0.15) is 0 Å². The highest BCUT2D eigenvalue weighted by atomic mass is 14.2. The van der Waals surface area contributed by atoms with E-state index in [1.165, 1.54) is 33.4 Å². The zero-order valence-electron chi connectivity index (χ0n) is 18.1. The summed E-state index contributed by atoms with van der Waals surface area (Å²) in [6.07, 6.45) is 4.36. The third kappa shape index (κ3) is 5.01. The van der Waals surface area contributed by atoms with Crippen LogP contribution in [0.4, 0.5) is 0 Å². The molecule has 0 aliphatic carbocycles. The van der Waals surface area contributed by atoms with Crippen molar-refractivity contribution in [2.75, 3.05) is 0 Å². The molecule has 0 aromatic heterocycles. The highest BCUT2D eigenvalue weighted by Crippen LogP contribution is 2.27. The first-order valence-electron chi connectivity index (χ1n) is 10.1. The van der Waals surface area contributed by atoms with Gasteiger partial charge in [-0.3, -0.25) is 0 Å². The average molecular weight is 369 g/mol. The van der Waals surface area contributed by atoms with Gasteiger partial charge in [0.05, 0.1) is 0 Å². The zero-order chi connectivity index (χ0) is 20.4. The maximum atomic E-state index is 2.25. The molecule has 0 unspecified atom stereocenters. The summed E-state index contributed by atoms with van der Waals surface area (Å²) in [6.45, 7) is 13.5. The van der Waals surface area contributed by atoms with Gasteiger partial charge in [-0.1, -0.05) is 126 Å². The van der Waals surface area contributed by atoms with Gasteiger partial charge in [0.15, 0.2) is 0 Å². The zero-order valence-corrected chi connectivity index (χ0v) is 18.1. The molecule has 3 aromatic carbocycles. The fourth-order valence-electron chi connectivity index (χ4n) is 3.24. The Balaban J connectivity index is 1.71. The second-order valence-electron chi connectivity index (χ2n) is 9.65. The molecule has 3 aromatic rings. The minimum atomic E-state index is 0.193. The standard InChI is InChI=1S/C28H32/c1-27(2,3)25-17-11-22(12-18-25)8-7-21-9-13-23(14-10-21)24-15-19-26(20-16-24)28(4,5)6/h7-20H,1-6H3/b8-7+. The van der Waals surface area contributed by atoms with E-state index in [0.717, 1.165) is 0 Å². The number of benzene rings is 3. The van der Waals surface area contributed by atoms with Crippen molar-refractivity contribution in [2.45, 2.75) is 52.4 Å². The van der Waals surface area contributed by atoms with Crippen LogP contribution in [0.15, 0.2) is 72.8 Å². The minimum absolute atomic E-state index is 0.193. The Kier molecular flexibility index (Phi) is 5.61. The molecule has 0 bridgehead atoms. The molecule has 0 heterocycles. The lowest BCUT2D eigenvalue weighted by Crippen LogP contribution is -2.10. The number of hydrogen-bond acceptors (Lipinski definition) is 0. The molecule has 0 spiro atoms. The number of rotatable bonds is 3. The topological polar surface area (TPSA) is 0 Å². The number of hydrogen-bond donors (Lipinski definition) is 0. The second kappa shape index (κ2) is 7.80. The summed E-state index contributed by atoms with van der Waals surface area (Å²) in [4.78, 5) is 0. The predicted octanol–water partition coefficient (Wildman–Crippen LogP) is 8.12. The smallest absolute Gasteiger partial charge is 0.0132 e. The van der Waals surface area contributed by atoms with E-state index >= 15 is 0 Å². The third-order valence-electron chi connectivity index (χ3n) is 5.24. The molecule has 144 valence electrons. The van der Waals surface area contributed by atoms with E-state index in [9.17, 15) is 0 Å². The predicted molar refractivity (Wildman–Crippen MR) is 125 cm³/mol. The van der Waals surface area contributed by atoms with Crippen LogP contribution in [0.25, 0.3) is 23.3 Å². The third-order valence-corrected chi connectivity index (χ3v) is 5.24. The monoisotopic (exact) mass is 368 g/mol. The van der Waals surface area contributed by atoms with Crippen LogP contribution < -0.4 is 0 Å². The van der Waals surface area contributed by atoms with Gasteiger partial charge >= 0.3 is 0 Å². The lowest BCUT2D eigenvalue weighted by molar-refractivity contribution is 0.590. The Morgan fingerprint density at radius 3 is 1.07 bits per heavy atom. The first-order chi connectivity index (χ1) is 13.1. The lowest BCUT2D eigenvalue weighted by Gasteiger charge is -2.19. The highest BCUT2D eigenvalue weighted by Gasteiger charge is 2.13. The average Bonchev–Trinajstić information content (AvgIpc) is 2.66. The Hall–Kier alpha value is -2.60. The van der Waals surface area contributed by atoms with Crippen LogP contribution in [-0.4, -0.2) is 0 Å². The summed E-state index contributed by atoms with van der Waals surface area (Å²) in [5.74, 6) is 0. The maximum Gasteiger partial charge on any atom is -0.0132 e. The fraction of sp³-hybridized carbons (Fsp3) is 0.286. The summed E-state index contributed by atoms with van der Waals surface area (Å²) in [5, 5.41) is 0. The van der Waals surface area contributed by atoms with Crippen LogP contribution in [-0.2, 0) is 10.8 Å². The molecule has 0 aliphatic heterocycles. The van der Waals surface area contributed by atoms with E-state index in [-0.39, 0.29) is 10.8 Å². The Morgan fingerprint density at radius 1 is 0.429 bits per heavy atom. The summed E-state index contributed by atoms with van der Waals surface area (Å²) in [7, 11) is 0. The molecular weight excluding hydrogens is 336 g/mol. The van der Waals surface area contributed by atoms with Crippen molar-refractivity contribution in [1.82, 2.24) is 0 Å². The maximum absolute atomic E-state index is 2.25. The molecule has 0 radical (unpaired) electrons. The molecule has 28 heavy (non-hydrogen) atoms. The molecule has 0 N–H and O–H groups in total. The van der Waals surface area contributed by atoms with Gasteiger partial charge in [-0.25, -0.2) is 0 Å². The van der Waals surface area contributed by atoms with Crippen molar-refractivity contribution in [3.05, 3.63) is 95.1 Å². The van der Waals surface area contributed by atoms with Crippen LogP contribution in [0, 0.1) is 0 Å². The van der Waals surface area contributed by atoms with Crippen molar-refractivity contribution in [1.29, 1.82) is 0 Å². The van der Waals surface area contributed by atoms with Crippen molar-refractivity contribution in [3.8, 4) is 11.1 Å². The van der Waals surface area contributed by atoms with E-state index in [4.69, 9.17) is 0 Å². The molecule has 0 heteroatoms. The molecule has 0 saturated heterocycles. The van der Waals surface area contributed by atoms with Crippen LogP contribution in [0.1, 0.15) is 63.8 Å². The van der Waals surface area contributed by atoms with E-state index in [0.29, 0.717) is 0 Å². The highest BCUT2D eigenvalue weighted by molar-refractivity contribution is 5.72. The van der Waals surface area contributed by atoms with Gasteiger partial charge in [-0.15, -0.1) is 0 Å². The van der Waals surface area contributed by atoms with Crippen molar-refractivity contribution in [2.24, 2.45) is 0 Å². The second-order valence-corrected chi connectivity index (χ2v) is 9.65. The molecular formula is C28H32. The molecule has 3 rings (SSSR count). The van der Waals surface area contributed by atoms with Crippen molar-refractivity contribution < 1.29 is 0 Å². The molecule has 0 nitrogen and oxygen atoms in total. The lowest BCUT2D eigenvalue weighted by atomic mass is 9.86. The molecule has 0 aliphatic rings. The van der Waals surface area contributed by atoms with E-state index in [1.54, 1.807) is 0 Å². The Bertz CT molecular complexity index is 923. The first-order valence-corrected chi connectivity index (χ1v) is 10.1. The van der Waals surface area contributed by atoms with Gasteiger partial charge in [0.25, 0.3) is 0 Å². The SMILES string of the molecule is CC(C)(C)c1ccc(/C=C/c2ccc(-c3ccc(C(C)(C)C)cc3)cc2)cc1. The molecule has 0 fully saturated rings. The van der Waals surface area contributed by atoms with Crippen LogP contribution >= 0.6 is 0 Å². The van der Waals surface area contributed by atoms with Crippen molar-refractivity contribution in [3.63, 3.8) is 0 Å². The molecule has 0 amide bonds. The van der Waals surface area contributed by atoms with Crippen LogP contribution in [0.2, 0.25) is 0 Å². The van der Waals surface area contributed by atoms with Gasteiger partial charge < -0.3 is 0 Å².